The third-order valence-electron chi connectivity index (χ3n) is 4.66. The highest BCUT2D eigenvalue weighted by Gasteiger charge is 2.36. The van der Waals surface area contributed by atoms with Gasteiger partial charge >= 0.3 is 6.18 Å². The number of halogens is 3. The van der Waals surface area contributed by atoms with Gasteiger partial charge in [-0.05, 0) is 42.1 Å². The molecule has 0 bridgehead atoms. The number of alkyl halides is 3. The monoisotopic (exact) mass is 307 g/mol. The Morgan fingerprint density at radius 3 is 2.64 bits per heavy atom. The van der Waals surface area contributed by atoms with Crippen molar-refractivity contribution in [3.63, 3.8) is 0 Å². The number of benzene rings is 2. The predicted octanol–water partition coefficient (Wildman–Crippen LogP) is 5.18. The van der Waals surface area contributed by atoms with Crippen molar-refractivity contribution in [2.45, 2.75) is 32.0 Å². The topological polar surface area (TPSA) is 3.24 Å². The quantitative estimate of drug-likeness (QED) is 0.755. The molecule has 4 heteroatoms. The number of hydrogen-bond acceptors (Lipinski definition) is 1. The second-order valence-corrected chi connectivity index (χ2v) is 6.21. The average molecular weight is 307 g/mol. The van der Waals surface area contributed by atoms with E-state index < -0.39 is 12.6 Å². The van der Waals surface area contributed by atoms with Gasteiger partial charge in [-0.1, -0.05) is 42.5 Å². The van der Waals surface area contributed by atoms with E-state index in [4.69, 9.17) is 0 Å². The molecule has 0 aromatic heterocycles. The number of likely N-dealkylation sites (tertiary alicyclic amines) is 1. The normalized spacial score (nSPS) is 21.4. The van der Waals surface area contributed by atoms with Gasteiger partial charge in [0.05, 0.1) is 0 Å². The fourth-order valence-electron chi connectivity index (χ4n) is 3.52. The summed E-state index contributed by atoms with van der Waals surface area (Å²) in [5.41, 5.74) is 1.20. The van der Waals surface area contributed by atoms with Gasteiger partial charge in [-0.15, -0.1) is 0 Å². The predicted molar refractivity (Wildman–Crippen MR) is 82.7 cm³/mol. The van der Waals surface area contributed by atoms with E-state index in [0.29, 0.717) is 13.0 Å². The molecule has 1 nitrogen and oxygen atoms in total. The lowest BCUT2D eigenvalue weighted by Crippen LogP contribution is -2.25. The fourth-order valence-corrected chi connectivity index (χ4v) is 3.52. The van der Waals surface area contributed by atoms with E-state index in [1.54, 1.807) is 0 Å². The summed E-state index contributed by atoms with van der Waals surface area (Å²) >= 11 is 0. The smallest absolute Gasteiger partial charge is 0.296 e. The molecular weight excluding hydrogens is 287 g/mol. The molecule has 2 aromatic carbocycles. The standard InChI is InChI=1S/C18H20F3N/c1-13(22-10-9-14(12-22)11-18(19,20)21)16-8-4-6-15-5-2-3-7-17(15)16/h2-8,13-14H,9-12H2,1H3/t13-,14+/m1/s1. The summed E-state index contributed by atoms with van der Waals surface area (Å²) in [5, 5.41) is 2.37. The molecule has 0 saturated carbocycles. The van der Waals surface area contributed by atoms with Crippen LogP contribution in [-0.2, 0) is 0 Å². The summed E-state index contributed by atoms with van der Waals surface area (Å²) < 4.78 is 37.6. The zero-order valence-corrected chi connectivity index (χ0v) is 12.6. The molecule has 22 heavy (non-hydrogen) atoms. The van der Waals surface area contributed by atoms with Crippen molar-refractivity contribution in [1.29, 1.82) is 0 Å². The Kier molecular flexibility index (Phi) is 4.13. The van der Waals surface area contributed by atoms with E-state index in [-0.39, 0.29) is 12.0 Å². The van der Waals surface area contributed by atoms with Crippen LogP contribution in [-0.4, -0.2) is 24.2 Å². The molecule has 1 heterocycles. The van der Waals surface area contributed by atoms with Crippen molar-refractivity contribution in [2.24, 2.45) is 5.92 Å². The Bertz CT molecular complexity index is 645. The minimum absolute atomic E-state index is 0.143. The molecule has 1 saturated heterocycles. The SMILES string of the molecule is C[C@H](c1cccc2ccccc12)N1CC[C@@H](CC(F)(F)F)C1. The third-order valence-corrected chi connectivity index (χ3v) is 4.66. The van der Waals surface area contributed by atoms with Gasteiger partial charge in [-0.25, -0.2) is 0 Å². The second kappa shape index (κ2) is 5.92. The van der Waals surface area contributed by atoms with Crippen molar-refractivity contribution >= 4 is 10.8 Å². The molecule has 0 radical (unpaired) electrons. The van der Waals surface area contributed by atoms with E-state index in [0.717, 1.165) is 6.54 Å². The maximum atomic E-state index is 12.5. The van der Waals surface area contributed by atoms with Crippen LogP contribution >= 0.6 is 0 Å². The molecule has 3 rings (SSSR count). The van der Waals surface area contributed by atoms with Crippen LogP contribution in [0.25, 0.3) is 10.8 Å². The minimum Gasteiger partial charge on any atom is -0.296 e. The second-order valence-electron chi connectivity index (χ2n) is 6.21. The highest BCUT2D eigenvalue weighted by atomic mass is 19.4. The van der Waals surface area contributed by atoms with E-state index in [2.05, 4.69) is 36.1 Å². The molecule has 2 atom stereocenters. The fraction of sp³-hybridized carbons (Fsp3) is 0.444. The van der Waals surface area contributed by atoms with Gasteiger partial charge in [0.15, 0.2) is 0 Å². The van der Waals surface area contributed by atoms with Gasteiger partial charge in [0, 0.05) is 19.0 Å². The van der Waals surface area contributed by atoms with Gasteiger partial charge in [0.25, 0.3) is 0 Å². The summed E-state index contributed by atoms with van der Waals surface area (Å²) in [6, 6.07) is 14.5. The van der Waals surface area contributed by atoms with Crippen LogP contribution in [0.1, 0.15) is 31.4 Å². The first-order valence-electron chi connectivity index (χ1n) is 7.72. The molecule has 118 valence electrons. The van der Waals surface area contributed by atoms with Gasteiger partial charge in [-0.3, -0.25) is 4.90 Å². The van der Waals surface area contributed by atoms with Gasteiger partial charge in [0.2, 0.25) is 0 Å². The molecule has 0 N–H and O–H groups in total. The summed E-state index contributed by atoms with van der Waals surface area (Å²) in [5.74, 6) is -0.266. The lowest BCUT2D eigenvalue weighted by molar-refractivity contribution is -0.143. The van der Waals surface area contributed by atoms with Crippen molar-refractivity contribution in [3.8, 4) is 0 Å². The van der Waals surface area contributed by atoms with Crippen molar-refractivity contribution in [3.05, 3.63) is 48.0 Å². The molecule has 0 amide bonds. The Balaban J connectivity index is 1.78. The number of nitrogens with zero attached hydrogens (tertiary/aromatic N) is 1. The van der Waals surface area contributed by atoms with E-state index >= 15 is 0 Å². The molecule has 0 spiro atoms. The number of rotatable bonds is 3. The number of hydrogen-bond donors (Lipinski definition) is 0. The molecule has 2 aromatic rings. The summed E-state index contributed by atoms with van der Waals surface area (Å²) in [4.78, 5) is 2.18. The van der Waals surface area contributed by atoms with E-state index in [1.165, 1.54) is 16.3 Å². The summed E-state index contributed by atoms with van der Waals surface area (Å²) in [6.07, 6.45) is -4.08. The van der Waals surface area contributed by atoms with Crippen LogP contribution in [0.4, 0.5) is 13.2 Å². The Labute approximate surface area is 128 Å². The minimum atomic E-state index is -4.05. The van der Waals surface area contributed by atoms with Crippen LogP contribution in [0.15, 0.2) is 42.5 Å². The largest absolute Gasteiger partial charge is 0.389 e. The molecule has 0 unspecified atom stereocenters. The number of fused-ring (bicyclic) bond motifs is 1. The molecule has 1 fully saturated rings. The van der Waals surface area contributed by atoms with E-state index in [1.807, 2.05) is 18.2 Å². The highest BCUT2D eigenvalue weighted by Crippen LogP contribution is 2.35. The first-order valence-corrected chi connectivity index (χ1v) is 7.72. The van der Waals surface area contributed by atoms with Crippen molar-refractivity contribution in [2.75, 3.05) is 13.1 Å². The van der Waals surface area contributed by atoms with E-state index in [9.17, 15) is 13.2 Å². The van der Waals surface area contributed by atoms with Crippen LogP contribution in [0, 0.1) is 5.92 Å². The van der Waals surface area contributed by atoms with Crippen LogP contribution in [0.5, 0.6) is 0 Å². The Morgan fingerprint density at radius 2 is 1.86 bits per heavy atom. The molecular formula is C18H20F3N. The highest BCUT2D eigenvalue weighted by molar-refractivity contribution is 5.86. The summed E-state index contributed by atoms with van der Waals surface area (Å²) in [7, 11) is 0. The van der Waals surface area contributed by atoms with Crippen molar-refractivity contribution < 1.29 is 13.2 Å². The van der Waals surface area contributed by atoms with Crippen molar-refractivity contribution in [1.82, 2.24) is 4.90 Å². The molecule has 0 aliphatic carbocycles. The maximum Gasteiger partial charge on any atom is 0.389 e. The average Bonchev–Trinajstić information content (AvgIpc) is 2.92. The zero-order valence-electron chi connectivity index (χ0n) is 12.6. The Hall–Kier alpha value is -1.55. The molecule has 1 aliphatic rings. The van der Waals surface area contributed by atoms with Crippen LogP contribution < -0.4 is 0 Å². The van der Waals surface area contributed by atoms with Gasteiger partial charge < -0.3 is 0 Å². The summed E-state index contributed by atoms with van der Waals surface area (Å²) in [6.45, 7) is 3.37. The Morgan fingerprint density at radius 1 is 1.14 bits per heavy atom. The molecule has 1 aliphatic heterocycles. The van der Waals surface area contributed by atoms with Crippen LogP contribution in [0.3, 0.4) is 0 Å². The first kappa shape index (κ1) is 15.3. The zero-order chi connectivity index (χ0) is 15.7. The third kappa shape index (κ3) is 3.27. The first-order chi connectivity index (χ1) is 10.4. The van der Waals surface area contributed by atoms with Gasteiger partial charge in [-0.2, -0.15) is 13.2 Å². The lowest BCUT2D eigenvalue weighted by atomic mass is 9.99. The van der Waals surface area contributed by atoms with Gasteiger partial charge in [0.1, 0.15) is 0 Å². The van der Waals surface area contributed by atoms with Crippen LogP contribution in [0.2, 0.25) is 0 Å². The lowest BCUT2D eigenvalue weighted by Gasteiger charge is -2.26. The maximum absolute atomic E-state index is 12.5.